The number of likely N-dealkylation sites (tertiary alicyclic amines) is 2. The molecule has 9 heteroatoms. The molecule has 0 aromatic carbocycles. The number of rotatable bonds is 6. The van der Waals surface area contributed by atoms with Crippen LogP contribution in [-0.4, -0.2) is 77.1 Å². The van der Waals surface area contributed by atoms with Crippen LogP contribution in [0.3, 0.4) is 0 Å². The van der Waals surface area contributed by atoms with Gasteiger partial charge in [-0.15, -0.1) is 0 Å². The summed E-state index contributed by atoms with van der Waals surface area (Å²) < 4.78 is 5.40. The van der Waals surface area contributed by atoms with Crippen molar-refractivity contribution in [2.24, 2.45) is 5.92 Å². The SMILES string of the molecule is CC(C)(C)OC(=O)N1CCC(=CC(=O)N2CCCC(CC(=O)NCCC(=O)O)C2)CC1. The molecule has 0 spiro atoms. The topological polar surface area (TPSA) is 116 Å². The molecular weight excluding hydrogens is 402 g/mol. The zero-order valence-electron chi connectivity index (χ0n) is 18.8. The van der Waals surface area contributed by atoms with Gasteiger partial charge in [0, 0.05) is 45.2 Å². The highest BCUT2D eigenvalue weighted by molar-refractivity contribution is 5.88. The Kier molecular flexibility index (Phi) is 8.88. The van der Waals surface area contributed by atoms with Crippen LogP contribution in [0.2, 0.25) is 0 Å². The number of ether oxygens (including phenoxy) is 1. The largest absolute Gasteiger partial charge is 0.481 e. The van der Waals surface area contributed by atoms with Gasteiger partial charge in [0.2, 0.25) is 11.8 Å². The van der Waals surface area contributed by atoms with E-state index in [1.54, 1.807) is 15.9 Å². The van der Waals surface area contributed by atoms with Crippen molar-refractivity contribution in [1.29, 1.82) is 0 Å². The van der Waals surface area contributed by atoms with Gasteiger partial charge in [-0.2, -0.15) is 0 Å². The molecule has 2 fully saturated rings. The summed E-state index contributed by atoms with van der Waals surface area (Å²) in [7, 11) is 0. The monoisotopic (exact) mass is 437 g/mol. The molecule has 2 heterocycles. The maximum Gasteiger partial charge on any atom is 0.410 e. The Bertz CT molecular complexity index is 703. The van der Waals surface area contributed by atoms with E-state index in [1.165, 1.54) is 0 Å². The third kappa shape index (κ3) is 8.98. The van der Waals surface area contributed by atoms with Crippen molar-refractivity contribution in [3.05, 3.63) is 11.6 Å². The van der Waals surface area contributed by atoms with Gasteiger partial charge < -0.3 is 25.0 Å². The maximum atomic E-state index is 12.7. The zero-order valence-corrected chi connectivity index (χ0v) is 18.8. The van der Waals surface area contributed by atoms with E-state index in [2.05, 4.69) is 5.32 Å². The lowest BCUT2D eigenvalue weighted by Gasteiger charge is -2.33. The number of nitrogens with one attached hydrogen (secondary N) is 1. The molecule has 1 atom stereocenters. The number of carboxylic acids is 1. The Hall–Kier alpha value is -2.58. The van der Waals surface area contributed by atoms with Crippen LogP contribution in [0.15, 0.2) is 11.6 Å². The summed E-state index contributed by atoms with van der Waals surface area (Å²) in [5, 5.41) is 11.3. The van der Waals surface area contributed by atoms with Crippen LogP contribution in [0.1, 0.15) is 59.3 Å². The third-order valence-electron chi connectivity index (χ3n) is 5.35. The molecule has 0 saturated carbocycles. The highest BCUT2D eigenvalue weighted by Gasteiger charge is 2.27. The Morgan fingerprint density at radius 2 is 1.81 bits per heavy atom. The molecule has 174 valence electrons. The molecular formula is C22H35N3O6. The second-order valence-electron chi connectivity index (χ2n) is 9.26. The van der Waals surface area contributed by atoms with Crippen LogP contribution >= 0.6 is 0 Å². The van der Waals surface area contributed by atoms with Crippen molar-refractivity contribution < 1.29 is 29.0 Å². The van der Waals surface area contributed by atoms with Gasteiger partial charge in [0.05, 0.1) is 6.42 Å². The Morgan fingerprint density at radius 3 is 2.42 bits per heavy atom. The van der Waals surface area contributed by atoms with Crippen molar-refractivity contribution in [1.82, 2.24) is 15.1 Å². The number of carbonyl (C=O) groups excluding carboxylic acids is 3. The Labute approximate surface area is 183 Å². The molecule has 9 nitrogen and oxygen atoms in total. The van der Waals surface area contributed by atoms with E-state index < -0.39 is 11.6 Å². The lowest BCUT2D eigenvalue weighted by Crippen LogP contribution is -2.42. The minimum absolute atomic E-state index is 0.0447. The second kappa shape index (κ2) is 11.2. The van der Waals surface area contributed by atoms with Crippen molar-refractivity contribution in [2.75, 3.05) is 32.7 Å². The second-order valence-corrected chi connectivity index (χ2v) is 9.26. The number of amides is 3. The minimum atomic E-state index is -0.945. The summed E-state index contributed by atoms with van der Waals surface area (Å²) in [6.07, 6.45) is 4.57. The van der Waals surface area contributed by atoms with Gasteiger partial charge in [-0.1, -0.05) is 5.57 Å². The van der Waals surface area contributed by atoms with Crippen molar-refractivity contribution in [3.63, 3.8) is 0 Å². The summed E-state index contributed by atoms with van der Waals surface area (Å²) in [6.45, 7) is 7.90. The van der Waals surface area contributed by atoms with E-state index in [0.717, 1.165) is 18.4 Å². The van der Waals surface area contributed by atoms with E-state index in [1.807, 2.05) is 20.8 Å². The summed E-state index contributed by atoms with van der Waals surface area (Å²) in [5.74, 6) is -1.08. The smallest absolute Gasteiger partial charge is 0.410 e. The molecule has 2 rings (SSSR count). The molecule has 0 bridgehead atoms. The van der Waals surface area contributed by atoms with Gasteiger partial charge in [0.25, 0.3) is 0 Å². The van der Waals surface area contributed by atoms with Crippen LogP contribution in [0.5, 0.6) is 0 Å². The molecule has 0 radical (unpaired) electrons. The van der Waals surface area contributed by atoms with Crippen LogP contribution in [-0.2, 0) is 19.1 Å². The van der Waals surface area contributed by atoms with Crippen LogP contribution in [0, 0.1) is 5.92 Å². The third-order valence-corrected chi connectivity index (χ3v) is 5.35. The van der Waals surface area contributed by atoms with Gasteiger partial charge in [-0.05, 0) is 52.4 Å². The summed E-state index contributed by atoms with van der Waals surface area (Å²) in [4.78, 5) is 50.9. The number of carboxylic acid groups (broad SMARTS) is 1. The molecule has 0 aromatic rings. The maximum absolute atomic E-state index is 12.7. The lowest BCUT2D eigenvalue weighted by molar-refractivity contribution is -0.137. The average molecular weight is 438 g/mol. The first-order valence-electron chi connectivity index (χ1n) is 11.0. The fraction of sp³-hybridized carbons (Fsp3) is 0.727. The fourth-order valence-corrected chi connectivity index (χ4v) is 3.79. The number of piperidine rings is 2. The number of nitrogens with zero attached hydrogens (tertiary/aromatic N) is 2. The quantitative estimate of drug-likeness (QED) is 0.615. The normalized spacial score (nSPS) is 19.6. The first kappa shape index (κ1) is 24.7. The highest BCUT2D eigenvalue weighted by atomic mass is 16.6. The molecule has 2 N–H and O–H groups in total. The highest BCUT2D eigenvalue weighted by Crippen LogP contribution is 2.22. The van der Waals surface area contributed by atoms with Crippen molar-refractivity contribution in [3.8, 4) is 0 Å². The molecule has 2 aliphatic heterocycles. The van der Waals surface area contributed by atoms with E-state index in [9.17, 15) is 19.2 Å². The van der Waals surface area contributed by atoms with Gasteiger partial charge in [0.1, 0.15) is 5.60 Å². The van der Waals surface area contributed by atoms with Gasteiger partial charge >= 0.3 is 12.1 Å². The predicted octanol–water partition coefficient (Wildman–Crippen LogP) is 2.16. The van der Waals surface area contributed by atoms with Gasteiger partial charge in [-0.3, -0.25) is 14.4 Å². The van der Waals surface area contributed by atoms with Crippen LogP contribution < -0.4 is 5.32 Å². The average Bonchev–Trinajstić information content (AvgIpc) is 2.67. The number of carbonyl (C=O) groups is 4. The van der Waals surface area contributed by atoms with E-state index >= 15 is 0 Å². The fourth-order valence-electron chi connectivity index (χ4n) is 3.79. The Morgan fingerprint density at radius 1 is 1.13 bits per heavy atom. The van der Waals surface area contributed by atoms with Gasteiger partial charge in [0.15, 0.2) is 0 Å². The van der Waals surface area contributed by atoms with E-state index in [0.29, 0.717) is 45.4 Å². The molecule has 3 amide bonds. The van der Waals surface area contributed by atoms with E-state index in [4.69, 9.17) is 9.84 Å². The standard InChI is InChI=1S/C22H35N3O6/c1-22(2,3)31-21(30)24-11-7-16(8-12-24)14-19(27)25-10-4-5-17(15-25)13-18(26)23-9-6-20(28)29/h14,17H,4-13,15H2,1-3H3,(H,23,26)(H,28,29). The van der Waals surface area contributed by atoms with Crippen LogP contribution in [0.25, 0.3) is 0 Å². The molecule has 1 unspecified atom stereocenters. The molecule has 0 aliphatic carbocycles. The summed E-state index contributed by atoms with van der Waals surface area (Å²) in [5.41, 5.74) is 0.500. The van der Waals surface area contributed by atoms with E-state index in [-0.39, 0.29) is 36.8 Å². The molecule has 0 aromatic heterocycles. The van der Waals surface area contributed by atoms with Gasteiger partial charge in [-0.25, -0.2) is 4.79 Å². The number of aliphatic carboxylic acids is 1. The van der Waals surface area contributed by atoms with Crippen molar-refractivity contribution in [2.45, 2.75) is 64.9 Å². The predicted molar refractivity (Wildman–Crippen MR) is 114 cm³/mol. The van der Waals surface area contributed by atoms with Crippen LogP contribution in [0.4, 0.5) is 4.79 Å². The van der Waals surface area contributed by atoms with Crippen molar-refractivity contribution >= 4 is 23.9 Å². The number of hydrogen-bond acceptors (Lipinski definition) is 5. The first-order valence-corrected chi connectivity index (χ1v) is 11.0. The zero-order chi connectivity index (χ0) is 23.0. The minimum Gasteiger partial charge on any atom is -0.481 e. The summed E-state index contributed by atoms with van der Waals surface area (Å²) in [6, 6.07) is 0. The summed E-state index contributed by atoms with van der Waals surface area (Å²) >= 11 is 0. The Balaban J connectivity index is 1.78. The number of hydrogen-bond donors (Lipinski definition) is 2. The lowest BCUT2D eigenvalue weighted by atomic mass is 9.94. The molecule has 2 aliphatic rings. The first-order chi connectivity index (χ1) is 14.5. The molecule has 2 saturated heterocycles. The molecule has 31 heavy (non-hydrogen) atoms.